The number of sulfonamides is 1. The van der Waals surface area contributed by atoms with Gasteiger partial charge in [0.05, 0.1) is 10.6 Å². The topological polar surface area (TPSA) is 83.5 Å². The van der Waals surface area contributed by atoms with Gasteiger partial charge in [0.15, 0.2) is 0 Å². The molecular formula is C20H16ClNO4S2. The van der Waals surface area contributed by atoms with Crippen LogP contribution in [0.3, 0.4) is 0 Å². The van der Waals surface area contributed by atoms with E-state index >= 15 is 0 Å². The minimum absolute atomic E-state index is 0.0384. The van der Waals surface area contributed by atoms with E-state index in [2.05, 4.69) is 4.72 Å². The SMILES string of the molecule is Cc1ccccc1S(=O)(=O)Nc1cc(/C=C/c2ccc(Cl)cc2)sc1C(=O)O. The molecule has 0 radical (unpaired) electrons. The second kappa shape index (κ2) is 8.18. The lowest BCUT2D eigenvalue weighted by Gasteiger charge is -2.09. The summed E-state index contributed by atoms with van der Waals surface area (Å²) in [6.07, 6.45) is 3.53. The Morgan fingerprint density at radius 1 is 1.11 bits per heavy atom. The molecule has 144 valence electrons. The molecule has 8 heteroatoms. The molecule has 0 unspecified atom stereocenters. The van der Waals surface area contributed by atoms with Crippen LogP contribution in [0.15, 0.2) is 59.5 Å². The van der Waals surface area contributed by atoms with Crippen molar-refractivity contribution in [2.45, 2.75) is 11.8 Å². The summed E-state index contributed by atoms with van der Waals surface area (Å²) in [6, 6.07) is 15.2. The van der Waals surface area contributed by atoms with Gasteiger partial charge in [-0.2, -0.15) is 0 Å². The number of aryl methyl sites for hydroxylation is 1. The van der Waals surface area contributed by atoms with E-state index in [1.165, 1.54) is 12.1 Å². The number of carboxylic acids is 1. The van der Waals surface area contributed by atoms with Gasteiger partial charge in [-0.05, 0) is 48.4 Å². The fourth-order valence-electron chi connectivity index (χ4n) is 2.54. The van der Waals surface area contributed by atoms with E-state index in [-0.39, 0.29) is 15.5 Å². The molecule has 0 aliphatic carbocycles. The molecule has 5 nitrogen and oxygen atoms in total. The highest BCUT2D eigenvalue weighted by Crippen LogP contribution is 2.31. The third-order valence-corrected chi connectivity index (χ3v) is 6.75. The maximum Gasteiger partial charge on any atom is 0.348 e. The van der Waals surface area contributed by atoms with Gasteiger partial charge in [-0.15, -0.1) is 11.3 Å². The number of aromatic carboxylic acids is 1. The number of carboxylic acid groups (broad SMARTS) is 1. The maximum absolute atomic E-state index is 12.7. The number of halogens is 1. The first-order chi connectivity index (χ1) is 13.3. The standard InChI is InChI=1S/C20H16ClNO4S2/c1-13-4-2-3-5-18(13)28(25,26)22-17-12-16(27-19(17)20(23)24)11-8-14-6-9-15(21)10-7-14/h2-12,22H,1H3,(H,23,24)/b11-8+. The molecule has 0 atom stereocenters. The largest absolute Gasteiger partial charge is 0.477 e. The van der Waals surface area contributed by atoms with Crippen molar-refractivity contribution >= 4 is 56.8 Å². The number of rotatable bonds is 6. The lowest BCUT2D eigenvalue weighted by Crippen LogP contribution is -2.15. The highest BCUT2D eigenvalue weighted by atomic mass is 35.5. The monoisotopic (exact) mass is 433 g/mol. The Kier molecular flexibility index (Phi) is 5.88. The Bertz CT molecular complexity index is 1150. The molecule has 1 aromatic heterocycles. The molecule has 0 aliphatic rings. The third-order valence-electron chi connectivity index (χ3n) is 3.88. The van der Waals surface area contributed by atoms with E-state index in [0.717, 1.165) is 16.9 Å². The van der Waals surface area contributed by atoms with Crippen LogP contribution < -0.4 is 4.72 Å². The quantitative estimate of drug-likeness (QED) is 0.546. The number of anilines is 1. The zero-order valence-corrected chi connectivity index (χ0v) is 17.1. The highest BCUT2D eigenvalue weighted by Gasteiger charge is 2.22. The number of hydrogen-bond acceptors (Lipinski definition) is 4. The average Bonchev–Trinajstić information content (AvgIpc) is 3.04. The van der Waals surface area contributed by atoms with Crippen LogP contribution in [0.1, 0.15) is 25.7 Å². The Morgan fingerprint density at radius 2 is 1.79 bits per heavy atom. The van der Waals surface area contributed by atoms with Crippen molar-refractivity contribution in [1.82, 2.24) is 0 Å². The van der Waals surface area contributed by atoms with Gasteiger partial charge < -0.3 is 5.11 Å². The Balaban J connectivity index is 1.92. The smallest absolute Gasteiger partial charge is 0.348 e. The minimum Gasteiger partial charge on any atom is -0.477 e. The molecule has 3 rings (SSSR count). The first-order valence-corrected chi connectivity index (χ1v) is 10.8. The third kappa shape index (κ3) is 4.62. The van der Waals surface area contributed by atoms with Gasteiger partial charge in [0.2, 0.25) is 0 Å². The van der Waals surface area contributed by atoms with Gasteiger partial charge in [-0.1, -0.05) is 48.0 Å². The number of benzene rings is 2. The molecular weight excluding hydrogens is 418 g/mol. The fraction of sp³-hybridized carbons (Fsp3) is 0.0500. The molecule has 0 saturated carbocycles. The molecule has 0 bridgehead atoms. The van der Waals surface area contributed by atoms with Gasteiger partial charge in [0.25, 0.3) is 10.0 Å². The Morgan fingerprint density at radius 3 is 2.43 bits per heavy atom. The lowest BCUT2D eigenvalue weighted by atomic mass is 10.2. The van der Waals surface area contributed by atoms with E-state index in [1.807, 2.05) is 12.1 Å². The zero-order valence-electron chi connectivity index (χ0n) is 14.7. The summed E-state index contributed by atoms with van der Waals surface area (Å²) in [5.74, 6) is -1.20. The summed E-state index contributed by atoms with van der Waals surface area (Å²) in [6.45, 7) is 1.68. The first kappa shape index (κ1) is 20.1. The zero-order chi connectivity index (χ0) is 20.3. The molecule has 2 aromatic carbocycles. The van der Waals surface area contributed by atoms with Crippen molar-refractivity contribution in [3.05, 3.63) is 80.5 Å². The predicted octanol–water partition coefficient (Wildman–Crippen LogP) is 5.38. The number of nitrogens with one attached hydrogen (secondary N) is 1. The van der Waals surface area contributed by atoms with Crippen LogP contribution in [0, 0.1) is 6.92 Å². The lowest BCUT2D eigenvalue weighted by molar-refractivity contribution is 0.0703. The molecule has 1 heterocycles. The first-order valence-electron chi connectivity index (χ1n) is 8.15. The number of carbonyl (C=O) groups is 1. The Hall–Kier alpha value is -2.61. The van der Waals surface area contributed by atoms with Crippen molar-refractivity contribution in [2.24, 2.45) is 0 Å². The molecule has 2 N–H and O–H groups in total. The van der Waals surface area contributed by atoms with Crippen molar-refractivity contribution in [3.8, 4) is 0 Å². The summed E-state index contributed by atoms with van der Waals surface area (Å²) in [4.78, 5) is 12.2. The van der Waals surface area contributed by atoms with Crippen molar-refractivity contribution in [3.63, 3.8) is 0 Å². The Labute approximate surface area is 172 Å². The summed E-state index contributed by atoms with van der Waals surface area (Å²) in [7, 11) is -3.90. The van der Waals surface area contributed by atoms with Crippen LogP contribution in [0.2, 0.25) is 5.02 Å². The van der Waals surface area contributed by atoms with Crippen LogP contribution in [-0.4, -0.2) is 19.5 Å². The van der Waals surface area contributed by atoms with Crippen LogP contribution in [-0.2, 0) is 10.0 Å². The number of hydrogen-bond donors (Lipinski definition) is 2. The molecule has 28 heavy (non-hydrogen) atoms. The minimum atomic E-state index is -3.90. The van der Waals surface area contributed by atoms with Crippen molar-refractivity contribution in [2.75, 3.05) is 4.72 Å². The average molecular weight is 434 g/mol. The van der Waals surface area contributed by atoms with Gasteiger partial charge in [-0.25, -0.2) is 13.2 Å². The van der Waals surface area contributed by atoms with Crippen LogP contribution in [0.25, 0.3) is 12.2 Å². The van der Waals surface area contributed by atoms with Crippen LogP contribution >= 0.6 is 22.9 Å². The summed E-state index contributed by atoms with van der Waals surface area (Å²) >= 11 is 6.85. The molecule has 0 fully saturated rings. The van der Waals surface area contributed by atoms with Gasteiger partial charge >= 0.3 is 5.97 Å². The maximum atomic E-state index is 12.7. The van der Waals surface area contributed by atoms with E-state index in [9.17, 15) is 18.3 Å². The molecule has 0 saturated heterocycles. The van der Waals surface area contributed by atoms with Gasteiger partial charge in [0.1, 0.15) is 4.88 Å². The summed E-state index contributed by atoms with van der Waals surface area (Å²) in [5.41, 5.74) is 1.50. The van der Waals surface area contributed by atoms with Crippen molar-refractivity contribution in [1.29, 1.82) is 0 Å². The highest BCUT2D eigenvalue weighted by molar-refractivity contribution is 7.92. The van der Waals surface area contributed by atoms with Crippen molar-refractivity contribution < 1.29 is 18.3 Å². The van der Waals surface area contributed by atoms with Gasteiger partial charge in [0, 0.05) is 9.90 Å². The van der Waals surface area contributed by atoms with E-state index in [0.29, 0.717) is 15.5 Å². The second-order valence-corrected chi connectivity index (χ2v) is 9.12. The summed E-state index contributed by atoms with van der Waals surface area (Å²) in [5, 5.41) is 10.1. The fourth-order valence-corrected chi connectivity index (χ4v) is 4.89. The molecule has 0 amide bonds. The summed E-state index contributed by atoms with van der Waals surface area (Å²) < 4.78 is 27.8. The molecule has 0 spiro atoms. The van der Waals surface area contributed by atoms with E-state index in [1.54, 1.807) is 49.4 Å². The normalized spacial score (nSPS) is 11.6. The second-order valence-electron chi connectivity index (χ2n) is 5.95. The van der Waals surface area contributed by atoms with Crippen LogP contribution in [0.5, 0.6) is 0 Å². The van der Waals surface area contributed by atoms with E-state index in [4.69, 9.17) is 11.6 Å². The van der Waals surface area contributed by atoms with E-state index < -0.39 is 16.0 Å². The van der Waals surface area contributed by atoms with Gasteiger partial charge in [-0.3, -0.25) is 4.72 Å². The van der Waals surface area contributed by atoms with Crippen LogP contribution in [0.4, 0.5) is 5.69 Å². The number of thiophene rings is 1. The molecule has 0 aliphatic heterocycles. The molecule has 3 aromatic rings. The predicted molar refractivity (Wildman–Crippen MR) is 114 cm³/mol.